The lowest BCUT2D eigenvalue weighted by molar-refractivity contribution is -0.124. The van der Waals surface area contributed by atoms with Crippen molar-refractivity contribution >= 4 is 11.8 Å². The van der Waals surface area contributed by atoms with E-state index in [1.807, 2.05) is 53.4 Å². The number of fused-ring (bicyclic) bond motifs is 1. The summed E-state index contributed by atoms with van der Waals surface area (Å²) in [5, 5.41) is 3.23. The van der Waals surface area contributed by atoms with Crippen molar-refractivity contribution in [1.29, 1.82) is 0 Å². The molecule has 2 heterocycles. The molecule has 1 N–H and O–H groups in total. The monoisotopic (exact) mass is 505 g/mol. The number of nitrogens with one attached hydrogen (secondary N) is 1. The van der Waals surface area contributed by atoms with Gasteiger partial charge in [-0.15, -0.1) is 0 Å². The summed E-state index contributed by atoms with van der Waals surface area (Å²) in [6.07, 6.45) is 6.28. The predicted molar refractivity (Wildman–Crippen MR) is 143 cm³/mol. The highest BCUT2D eigenvalue weighted by Gasteiger charge is 2.46. The molecule has 3 aliphatic rings. The molecule has 0 bridgehead atoms. The molecule has 7 nitrogen and oxygen atoms in total. The lowest BCUT2D eigenvalue weighted by atomic mass is 9.77. The van der Waals surface area contributed by atoms with E-state index in [4.69, 9.17) is 9.47 Å². The Morgan fingerprint density at radius 1 is 1.03 bits per heavy atom. The Hall–Kier alpha value is -2.90. The van der Waals surface area contributed by atoms with Crippen LogP contribution in [0.25, 0.3) is 0 Å². The van der Waals surface area contributed by atoms with Gasteiger partial charge >= 0.3 is 0 Å². The van der Waals surface area contributed by atoms with Crippen LogP contribution in [-0.4, -0.2) is 74.2 Å². The third-order valence-electron chi connectivity index (χ3n) is 8.14. The van der Waals surface area contributed by atoms with E-state index in [1.165, 1.54) is 6.42 Å². The minimum Gasteiger partial charge on any atom is -0.497 e. The summed E-state index contributed by atoms with van der Waals surface area (Å²) in [7, 11) is 1.65. The van der Waals surface area contributed by atoms with Crippen molar-refractivity contribution in [3.63, 3.8) is 0 Å². The van der Waals surface area contributed by atoms with Crippen LogP contribution in [0.1, 0.15) is 72.0 Å². The van der Waals surface area contributed by atoms with Gasteiger partial charge < -0.3 is 19.7 Å². The zero-order chi connectivity index (χ0) is 25.6. The van der Waals surface area contributed by atoms with Gasteiger partial charge in [-0.25, -0.2) is 0 Å². The minimum absolute atomic E-state index is 0.0106. The van der Waals surface area contributed by atoms with Gasteiger partial charge in [-0.1, -0.05) is 49.6 Å². The molecule has 2 aliphatic heterocycles. The van der Waals surface area contributed by atoms with E-state index in [0.29, 0.717) is 12.1 Å². The topological polar surface area (TPSA) is 71.1 Å². The van der Waals surface area contributed by atoms with Gasteiger partial charge in [0.2, 0.25) is 5.91 Å². The molecule has 2 aromatic rings. The van der Waals surface area contributed by atoms with Crippen LogP contribution in [0.5, 0.6) is 5.75 Å². The summed E-state index contributed by atoms with van der Waals surface area (Å²) < 4.78 is 10.8. The van der Waals surface area contributed by atoms with Crippen LogP contribution in [0, 0.1) is 0 Å². The Bertz CT molecular complexity index is 1060. The molecule has 2 atom stereocenters. The predicted octanol–water partition coefficient (Wildman–Crippen LogP) is 4.15. The first-order chi connectivity index (χ1) is 18.2. The Kier molecular flexibility index (Phi) is 8.41. The number of benzene rings is 2. The van der Waals surface area contributed by atoms with Gasteiger partial charge in [0.05, 0.1) is 32.3 Å². The largest absolute Gasteiger partial charge is 0.497 e. The van der Waals surface area contributed by atoms with Crippen molar-refractivity contribution < 1.29 is 19.1 Å². The molecule has 7 heteroatoms. The van der Waals surface area contributed by atoms with Crippen LogP contribution >= 0.6 is 0 Å². The molecule has 5 rings (SSSR count). The number of amides is 2. The van der Waals surface area contributed by atoms with Crippen molar-refractivity contribution in [2.75, 3.05) is 46.5 Å². The highest BCUT2D eigenvalue weighted by Crippen LogP contribution is 2.46. The Morgan fingerprint density at radius 2 is 1.76 bits per heavy atom. The molecule has 0 radical (unpaired) electrons. The average Bonchev–Trinajstić information content (AvgIpc) is 2.96. The molecule has 37 heavy (non-hydrogen) atoms. The second-order valence-corrected chi connectivity index (χ2v) is 10.4. The lowest BCUT2D eigenvalue weighted by Gasteiger charge is -2.46. The highest BCUT2D eigenvalue weighted by molar-refractivity contribution is 6.01. The van der Waals surface area contributed by atoms with E-state index >= 15 is 0 Å². The van der Waals surface area contributed by atoms with Crippen molar-refractivity contribution in [3.8, 4) is 5.75 Å². The molecule has 1 saturated carbocycles. The second kappa shape index (κ2) is 12.1. The van der Waals surface area contributed by atoms with Crippen LogP contribution in [0.3, 0.4) is 0 Å². The summed E-state index contributed by atoms with van der Waals surface area (Å²) in [6, 6.07) is 15.4. The molecule has 0 spiro atoms. The van der Waals surface area contributed by atoms with Crippen LogP contribution in [0.15, 0.2) is 48.5 Å². The van der Waals surface area contributed by atoms with E-state index < -0.39 is 5.92 Å². The van der Waals surface area contributed by atoms with Crippen LogP contribution in [0.2, 0.25) is 0 Å². The van der Waals surface area contributed by atoms with Gasteiger partial charge in [0.15, 0.2) is 0 Å². The van der Waals surface area contributed by atoms with Gasteiger partial charge in [-0.2, -0.15) is 0 Å². The van der Waals surface area contributed by atoms with E-state index in [9.17, 15) is 9.59 Å². The summed E-state index contributed by atoms with van der Waals surface area (Å²) in [6.45, 7) is 5.00. The number of carbonyl (C=O) groups is 2. The van der Waals surface area contributed by atoms with Gasteiger partial charge in [-0.3, -0.25) is 14.5 Å². The quantitative estimate of drug-likeness (QED) is 0.546. The van der Waals surface area contributed by atoms with Crippen LogP contribution in [0.4, 0.5) is 0 Å². The van der Waals surface area contributed by atoms with E-state index in [2.05, 4.69) is 10.2 Å². The first kappa shape index (κ1) is 25.7. The van der Waals surface area contributed by atoms with Crippen LogP contribution < -0.4 is 10.1 Å². The molecule has 0 aromatic heterocycles. The second-order valence-electron chi connectivity index (χ2n) is 10.4. The van der Waals surface area contributed by atoms with Gasteiger partial charge in [0, 0.05) is 31.2 Å². The molecule has 1 saturated heterocycles. The number of morpholine rings is 1. The number of carbonyl (C=O) groups excluding carboxylic acids is 2. The molecule has 2 aromatic carbocycles. The normalized spacial score (nSPS) is 22.9. The zero-order valence-corrected chi connectivity index (χ0v) is 21.9. The zero-order valence-electron chi connectivity index (χ0n) is 21.9. The molecule has 1 aliphatic carbocycles. The number of hydrogen-bond acceptors (Lipinski definition) is 5. The number of ether oxygens (including phenoxy) is 2. The molecule has 2 fully saturated rings. The highest BCUT2D eigenvalue weighted by atomic mass is 16.5. The van der Waals surface area contributed by atoms with Crippen molar-refractivity contribution in [3.05, 3.63) is 65.2 Å². The van der Waals surface area contributed by atoms with Crippen molar-refractivity contribution in [2.45, 2.75) is 56.5 Å². The average molecular weight is 506 g/mol. The number of hydrogen-bond donors (Lipinski definition) is 1. The third-order valence-corrected chi connectivity index (χ3v) is 8.14. The maximum absolute atomic E-state index is 14.0. The van der Waals surface area contributed by atoms with Gasteiger partial charge in [0.25, 0.3) is 5.91 Å². The van der Waals surface area contributed by atoms with Crippen molar-refractivity contribution in [2.24, 2.45) is 0 Å². The van der Waals surface area contributed by atoms with E-state index in [1.54, 1.807) is 7.11 Å². The standard InChI is InChI=1S/C30H39N3O4/c1-36-24-14-12-22(13-15-24)28-27(29(34)31-16-7-17-32-18-20-37-21-19-32)25-10-5-6-11-26(25)30(35)33(28)23-8-3-2-4-9-23/h5-6,10-15,23,27-28H,2-4,7-9,16-21H2,1H3,(H,31,34). The Morgan fingerprint density at radius 3 is 2.49 bits per heavy atom. The minimum atomic E-state index is -0.465. The molecule has 198 valence electrons. The van der Waals surface area contributed by atoms with Crippen LogP contribution in [-0.2, 0) is 9.53 Å². The van der Waals surface area contributed by atoms with Crippen molar-refractivity contribution in [1.82, 2.24) is 15.1 Å². The summed E-state index contributed by atoms with van der Waals surface area (Å²) in [5.41, 5.74) is 2.46. The van der Waals surface area contributed by atoms with E-state index in [-0.39, 0.29) is 23.9 Å². The SMILES string of the molecule is COc1ccc(C2C(C(=O)NCCCN3CCOCC3)c3ccccc3C(=O)N2C2CCCCC2)cc1. The Balaban J connectivity index is 1.44. The van der Waals surface area contributed by atoms with E-state index in [0.717, 1.165) is 81.8 Å². The fraction of sp³-hybridized carbons (Fsp3) is 0.533. The maximum Gasteiger partial charge on any atom is 0.254 e. The lowest BCUT2D eigenvalue weighted by Crippen LogP contribution is -2.52. The Labute approximate surface area is 220 Å². The number of methoxy groups -OCH3 is 1. The first-order valence-corrected chi connectivity index (χ1v) is 13.8. The fourth-order valence-electron chi connectivity index (χ4n) is 6.20. The molecule has 2 unspecified atom stereocenters. The molecular formula is C30H39N3O4. The molecular weight excluding hydrogens is 466 g/mol. The molecule has 2 amide bonds. The fourth-order valence-corrected chi connectivity index (χ4v) is 6.20. The first-order valence-electron chi connectivity index (χ1n) is 13.8. The van der Waals surface area contributed by atoms with Gasteiger partial charge in [0.1, 0.15) is 5.75 Å². The number of rotatable bonds is 8. The number of nitrogens with zero attached hydrogens (tertiary/aromatic N) is 2. The summed E-state index contributed by atoms with van der Waals surface area (Å²) in [5.74, 6) is 0.329. The third kappa shape index (κ3) is 5.68. The maximum atomic E-state index is 14.0. The van der Waals surface area contributed by atoms with Gasteiger partial charge in [-0.05, 0) is 55.1 Å². The summed E-state index contributed by atoms with van der Waals surface area (Å²) >= 11 is 0. The smallest absolute Gasteiger partial charge is 0.254 e. The summed E-state index contributed by atoms with van der Waals surface area (Å²) in [4.78, 5) is 32.4.